The number of hydrogen-bond donors (Lipinski definition) is 3. The molecule has 1 amide bonds. The van der Waals surface area contributed by atoms with E-state index in [2.05, 4.69) is 5.32 Å². The van der Waals surface area contributed by atoms with Crippen LogP contribution in [-0.4, -0.2) is 49.4 Å². The highest BCUT2D eigenvalue weighted by atomic mass is 32.2. The number of hydrogen-bond acceptors (Lipinski definition) is 5. The Kier molecular flexibility index (Phi) is 7.05. The lowest BCUT2D eigenvalue weighted by molar-refractivity contribution is -0.121. The highest BCUT2D eigenvalue weighted by Crippen LogP contribution is 2.09. The van der Waals surface area contributed by atoms with Crippen LogP contribution in [0.1, 0.15) is 24.5 Å². The molecule has 1 aromatic carbocycles. The average Bonchev–Trinajstić information content (AvgIpc) is 2.44. The van der Waals surface area contributed by atoms with E-state index in [0.717, 1.165) is 23.8 Å². The summed E-state index contributed by atoms with van der Waals surface area (Å²) < 4.78 is 22.1. The molecule has 0 radical (unpaired) electrons. The highest BCUT2D eigenvalue weighted by molar-refractivity contribution is 7.90. The Morgan fingerprint density at radius 2 is 1.95 bits per heavy atom. The van der Waals surface area contributed by atoms with E-state index in [1.807, 2.05) is 31.2 Å². The van der Waals surface area contributed by atoms with Gasteiger partial charge >= 0.3 is 7.12 Å². The van der Waals surface area contributed by atoms with E-state index in [1.165, 1.54) is 0 Å². The summed E-state index contributed by atoms with van der Waals surface area (Å²) in [5.74, 6) is -1.66. The third kappa shape index (κ3) is 7.06. The van der Waals surface area contributed by atoms with Gasteiger partial charge in [-0.1, -0.05) is 31.2 Å². The molecule has 0 spiro atoms. The van der Waals surface area contributed by atoms with Crippen LogP contribution in [-0.2, 0) is 27.5 Å². The molecular weight excluding hydrogens is 305 g/mol. The van der Waals surface area contributed by atoms with Crippen LogP contribution >= 0.6 is 0 Å². The SMILES string of the molecule is CCc1cccc(C[C@H](NC(=O)CCS(C)(=O)=O)B(O)O)c1. The van der Waals surface area contributed by atoms with Crippen molar-refractivity contribution in [1.29, 1.82) is 0 Å². The fourth-order valence-electron chi connectivity index (χ4n) is 2.02. The molecule has 0 heterocycles. The molecule has 0 aliphatic carbocycles. The zero-order valence-corrected chi connectivity index (χ0v) is 13.6. The van der Waals surface area contributed by atoms with Crippen LogP contribution in [0.3, 0.4) is 0 Å². The minimum absolute atomic E-state index is 0.197. The largest absolute Gasteiger partial charge is 0.475 e. The number of rotatable bonds is 8. The molecule has 0 saturated heterocycles. The summed E-state index contributed by atoms with van der Waals surface area (Å²) in [6, 6.07) is 7.63. The fourth-order valence-corrected chi connectivity index (χ4v) is 2.57. The molecule has 122 valence electrons. The van der Waals surface area contributed by atoms with E-state index in [4.69, 9.17) is 0 Å². The van der Waals surface area contributed by atoms with Crippen LogP contribution in [0.4, 0.5) is 0 Å². The van der Waals surface area contributed by atoms with Gasteiger partial charge in [-0.05, 0) is 24.0 Å². The van der Waals surface area contributed by atoms with Crippen LogP contribution in [0.5, 0.6) is 0 Å². The van der Waals surface area contributed by atoms with Gasteiger partial charge in [-0.15, -0.1) is 0 Å². The molecule has 0 bridgehead atoms. The van der Waals surface area contributed by atoms with Crippen LogP contribution in [0.25, 0.3) is 0 Å². The first-order chi connectivity index (χ1) is 10.2. The van der Waals surface area contributed by atoms with Crippen molar-refractivity contribution in [2.45, 2.75) is 32.1 Å². The highest BCUT2D eigenvalue weighted by Gasteiger charge is 2.25. The normalized spacial score (nSPS) is 12.7. The molecule has 1 atom stereocenters. The number of amides is 1. The predicted octanol–water partition coefficient (Wildman–Crippen LogP) is -0.277. The van der Waals surface area contributed by atoms with Crippen LogP contribution in [0, 0.1) is 0 Å². The summed E-state index contributed by atoms with van der Waals surface area (Å²) in [5, 5.41) is 21.3. The van der Waals surface area contributed by atoms with Gasteiger partial charge in [0, 0.05) is 12.7 Å². The first kappa shape index (κ1) is 18.7. The second-order valence-corrected chi connectivity index (χ2v) is 7.60. The number of aryl methyl sites for hydroxylation is 1. The third-order valence-corrected chi connectivity index (χ3v) is 4.21. The summed E-state index contributed by atoms with van der Waals surface area (Å²) in [4.78, 5) is 11.7. The Morgan fingerprint density at radius 3 is 2.50 bits per heavy atom. The quantitative estimate of drug-likeness (QED) is 0.570. The van der Waals surface area contributed by atoms with Crippen molar-refractivity contribution in [2.75, 3.05) is 12.0 Å². The Morgan fingerprint density at radius 1 is 1.32 bits per heavy atom. The van der Waals surface area contributed by atoms with Gasteiger partial charge in [-0.2, -0.15) is 0 Å². The van der Waals surface area contributed by atoms with Gasteiger partial charge in [0.2, 0.25) is 5.91 Å². The van der Waals surface area contributed by atoms with Crippen molar-refractivity contribution in [3.05, 3.63) is 35.4 Å². The maximum absolute atomic E-state index is 11.7. The zero-order valence-electron chi connectivity index (χ0n) is 12.8. The van der Waals surface area contributed by atoms with Gasteiger partial charge in [-0.25, -0.2) is 8.42 Å². The minimum Gasteiger partial charge on any atom is -0.426 e. The monoisotopic (exact) mass is 327 g/mol. The van der Waals surface area contributed by atoms with Gasteiger partial charge < -0.3 is 15.4 Å². The van der Waals surface area contributed by atoms with Crippen LogP contribution in [0.15, 0.2) is 24.3 Å². The lowest BCUT2D eigenvalue weighted by atomic mass is 9.75. The second-order valence-electron chi connectivity index (χ2n) is 5.35. The predicted molar refractivity (Wildman–Crippen MR) is 86.0 cm³/mol. The maximum Gasteiger partial charge on any atom is 0.475 e. The average molecular weight is 327 g/mol. The summed E-state index contributed by atoms with van der Waals surface area (Å²) >= 11 is 0. The van der Waals surface area contributed by atoms with Crippen LogP contribution < -0.4 is 5.32 Å². The molecule has 0 aromatic heterocycles. The van der Waals surface area contributed by atoms with Gasteiger partial charge in [-0.3, -0.25) is 4.79 Å². The Hall–Kier alpha value is -1.38. The molecule has 6 nitrogen and oxygen atoms in total. The minimum atomic E-state index is -3.23. The summed E-state index contributed by atoms with van der Waals surface area (Å²) in [6.45, 7) is 2.02. The van der Waals surface area contributed by atoms with Crippen molar-refractivity contribution in [3.63, 3.8) is 0 Å². The summed E-state index contributed by atoms with van der Waals surface area (Å²) in [5.41, 5.74) is 1.99. The van der Waals surface area contributed by atoms with Crippen molar-refractivity contribution < 1.29 is 23.3 Å². The topological polar surface area (TPSA) is 104 Å². The number of carbonyl (C=O) groups excluding carboxylic acids is 1. The summed E-state index contributed by atoms with van der Waals surface area (Å²) in [7, 11) is -4.94. The molecule has 0 unspecified atom stereocenters. The molecule has 3 N–H and O–H groups in total. The van der Waals surface area contributed by atoms with Crippen LogP contribution in [0.2, 0.25) is 0 Å². The van der Waals surface area contributed by atoms with Crippen molar-refractivity contribution >= 4 is 22.9 Å². The third-order valence-electron chi connectivity index (χ3n) is 3.26. The number of nitrogens with one attached hydrogen (secondary N) is 1. The molecule has 0 fully saturated rings. The Bertz CT molecular complexity index is 603. The smallest absolute Gasteiger partial charge is 0.426 e. The molecule has 0 aliphatic heterocycles. The fraction of sp³-hybridized carbons (Fsp3) is 0.500. The van der Waals surface area contributed by atoms with E-state index in [9.17, 15) is 23.3 Å². The van der Waals surface area contributed by atoms with E-state index >= 15 is 0 Å². The molecule has 0 saturated carbocycles. The maximum atomic E-state index is 11.7. The zero-order chi connectivity index (χ0) is 16.8. The van der Waals surface area contributed by atoms with Gasteiger partial charge in [0.1, 0.15) is 9.84 Å². The van der Waals surface area contributed by atoms with Crippen molar-refractivity contribution in [1.82, 2.24) is 5.32 Å². The molecule has 22 heavy (non-hydrogen) atoms. The molecular formula is C14H22BNO5S. The van der Waals surface area contributed by atoms with Gasteiger partial charge in [0.05, 0.1) is 11.7 Å². The molecule has 1 aromatic rings. The second kappa shape index (κ2) is 8.31. The van der Waals surface area contributed by atoms with Crippen molar-refractivity contribution in [3.8, 4) is 0 Å². The van der Waals surface area contributed by atoms with E-state index in [1.54, 1.807) is 0 Å². The number of sulfone groups is 1. The van der Waals surface area contributed by atoms with Gasteiger partial charge in [0.25, 0.3) is 0 Å². The first-order valence-corrected chi connectivity index (χ1v) is 9.18. The van der Waals surface area contributed by atoms with E-state index in [0.29, 0.717) is 0 Å². The van der Waals surface area contributed by atoms with Crippen molar-refractivity contribution in [2.24, 2.45) is 0 Å². The lowest BCUT2D eigenvalue weighted by Crippen LogP contribution is -2.48. The number of benzene rings is 1. The van der Waals surface area contributed by atoms with E-state index in [-0.39, 0.29) is 18.6 Å². The summed E-state index contributed by atoms with van der Waals surface area (Å²) in [6.07, 6.45) is 1.98. The first-order valence-electron chi connectivity index (χ1n) is 7.12. The standard InChI is InChI=1S/C14H22BNO5S/c1-3-11-5-4-6-12(9-11)10-13(15(18)19)16-14(17)7-8-22(2,20)21/h4-6,9,13,18-19H,3,7-8,10H2,1-2H3,(H,16,17)/t13-/m0/s1. The molecule has 8 heteroatoms. The van der Waals surface area contributed by atoms with Gasteiger partial charge in [0.15, 0.2) is 0 Å². The molecule has 0 aliphatic rings. The Balaban J connectivity index is 2.67. The number of carbonyl (C=O) groups is 1. The Labute approximate surface area is 131 Å². The lowest BCUT2D eigenvalue weighted by Gasteiger charge is -2.18. The molecule has 1 rings (SSSR count). The van der Waals surface area contributed by atoms with E-state index < -0.39 is 28.8 Å².